The Balaban J connectivity index is 2.50. The van der Waals surface area contributed by atoms with Gasteiger partial charge in [0, 0.05) is 5.02 Å². The van der Waals surface area contributed by atoms with Crippen molar-refractivity contribution >= 4 is 23.2 Å². The Kier molecular flexibility index (Phi) is 2.57. The third-order valence-electron chi connectivity index (χ3n) is 2.31. The molecule has 1 aliphatic rings. The number of hydrogen-bond donors (Lipinski definition) is 1. The monoisotopic (exact) mass is 225 g/mol. The Labute approximate surface area is 93.4 Å². The number of hydrogen-bond acceptors (Lipinski definition) is 2. The van der Waals surface area contributed by atoms with E-state index in [2.05, 4.69) is 5.32 Å². The molecule has 15 heavy (non-hydrogen) atoms. The van der Waals surface area contributed by atoms with Crippen LogP contribution in [0.3, 0.4) is 0 Å². The van der Waals surface area contributed by atoms with Gasteiger partial charge in [-0.2, -0.15) is 0 Å². The smallest absolute Gasteiger partial charge is 0.228 e. The zero-order chi connectivity index (χ0) is 11.0. The fourth-order valence-corrected chi connectivity index (χ4v) is 1.96. The van der Waals surface area contributed by atoms with Crippen molar-refractivity contribution in [1.82, 2.24) is 0 Å². The van der Waals surface area contributed by atoms with Gasteiger partial charge in [-0.25, -0.2) is 0 Å². The summed E-state index contributed by atoms with van der Waals surface area (Å²) in [5, 5.41) is 3.39. The van der Waals surface area contributed by atoms with Gasteiger partial charge < -0.3 is 10.1 Å². The molecule has 1 N–H and O–H groups in total. The first-order chi connectivity index (χ1) is 7.06. The molecular formula is C11H12ClNO2. The number of amides is 1. The third kappa shape index (κ3) is 2.07. The summed E-state index contributed by atoms with van der Waals surface area (Å²) in [6, 6.07) is 3.53. The molecule has 4 heteroatoms. The highest BCUT2D eigenvalue weighted by Gasteiger charge is 2.20. The molecule has 1 unspecified atom stereocenters. The average molecular weight is 226 g/mol. The maximum atomic E-state index is 11.4. The minimum absolute atomic E-state index is 0.0390. The molecule has 0 spiro atoms. The quantitative estimate of drug-likeness (QED) is 0.737. The van der Waals surface area contributed by atoms with Gasteiger partial charge in [0.25, 0.3) is 0 Å². The summed E-state index contributed by atoms with van der Waals surface area (Å²) in [7, 11) is 0. The number of rotatable bonds is 0. The zero-order valence-corrected chi connectivity index (χ0v) is 9.39. The Morgan fingerprint density at radius 2 is 2.27 bits per heavy atom. The van der Waals surface area contributed by atoms with E-state index in [4.69, 9.17) is 16.3 Å². The van der Waals surface area contributed by atoms with Crippen LogP contribution >= 0.6 is 11.6 Å². The highest BCUT2D eigenvalue weighted by atomic mass is 35.5. The molecule has 3 nitrogen and oxygen atoms in total. The van der Waals surface area contributed by atoms with Crippen LogP contribution in [0.5, 0.6) is 5.75 Å². The van der Waals surface area contributed by atoms with Gasteiger partial charge in [0.2, 0.25) is 5.91 Å². The normalized spacial score (nSPS) is 19.9. The van der Waals surface area contributed by atoms with E-state index in [1.807, 2.05) is 19.9 Å². The first-order valence-corrected chi connectivity index (χ1v) is 5.20. The molecule has 80 valence electrons. The van der Waals surface area contributed by atoms with Crippen LogP contribution < -0.4 is 10.1 Å². The van der Waals surface area contributed by atoms with E-state index in [0.717, 1.165) is 11.3 Å². The lowest BCUT2D eigenvalue weighted by molar-refractivity contribution is -0.117. The van der Waals surface area contributed by atoms with Crippen molar-refractivity contribution in [3.05, 3.63) is 22.7 Å². The summed E-state index contributed by atoms with van der Waals surface area (Å²) in [6.07, 6.45) is 0.261. The minimum atomic E-state index is -0.105. The number of ether oxygens (including phenoxy) is 1. The SMILES string of the molecule is Cc1cc(Cl)cc2c1OC(C)CC(=O)N2. The van der Waals surface area contributed by atoms with Gasteiger partial charge in [0.15, 0.2) is 0 Å². The van der Waals surface area contributed by atoms with Crippen LogP contribution in [-0.2, 0) is 4.79 Å². The number of carbonyl (C=O) groups is 1. The van der Waals surface area contributed by atoms with Gasteiger partial charge in [0.1, 0.15) is 11.9 Å². The maximum absolute atomic E-state index is 11.4. The van der Waals surface area contributed by atoms with Crippen molar-refractivity contribution in [2.24, 2.45) is 0 Å². The standard InChI is InChI=1S/C11H12ClNO2/c1-6-3-8(12)5-9-11(6)15-7(2)4-10(14)13-9/h3,5,7H,4H2,1-2H3,(H,13,14). The fourth-order valence-electron chi connectivity index (χ4n) is 1.68. The van der Waals surface area contributed by atoms with Crippen molar-refractivity contribution < 1.29 is 9.53 Å². The Morgan fingerprint density at radius 1 is 1.53 bits per heavy atom. The lowest BCUT2D eigenvalue weighted by Gasteiger charge is -2.13. The van der Waals surface area contributed by atoms with Gasteiger partial charge in [-0.15, -0.1) is 0 Å². The molecule has 0 saturated carbocycles. The van der Waals surface area contributed by atoms with Crippen LogP contribution in [-0.4, -0.2) is 12.0 Å². The van der Waals surface area contributed by atoms with Gasteiger partial charge in [-0.05, 0) is 31.5 Å². The van der Waals surface area contributed by atoms with Crippen molar-refractivity contribution in [1.29, 1.82) is 0 Å². The Bertz CT molecular complexity index is 417. The summed E-state index contributed by atoms with van der Waals surface area (Å²) in [6.45, 7) is 3.79. The van der Waals surface area contributed by atoms with E-state index >= 15 is 0 Å². The number of benzene rings is 1. The van der Waals surface area contributed by atoms with Crippen LogP contribution in [0.4, 0.5) is 5.69 Å². The predicted molar refractivity (Wildman–Crippen MR) is 59.5 cm³/mol. The highest BCUT2D eigenvalue weighted by molar-refractivity contribution is 6.31. The number of fused-ring (bicyclic) bond motifs is 1. The van der Waals surface area contributed by atoms with Crippen molar-refractivity contribution in [2.75, 3.05) is 5.32 Å². The lowest BCUT2D eigenvalue weighted by atomic mass is 10.2. The number of aryl methyl sites for hydroxylation is 1. The van der Waals surface area contributed by atoms with Gasteiger partial charge >= 0.3 is 0 Å². The van der Waals surface area contributed by atoms with Crippen LogP contribution in [0.1, 0.15) is 18.9 Å². The molecule has 0 saturated heterocycles. The molecule has 2 rings (SSSR count). The first-order valence-electron chi connectivity index (χ1n) is 4.83. The number of nitrogens with one attached hydrogen (secondary N) is 1. The third-order valence-corrected chi connectivity index (χ3v) is 2.52. The molecule has 0 aliphatic carbocycles. The molecule has 1 aromatic rings. The summed E-state index contributed by atoms with van der Waals surface area (Å²) >= 11 is 5.91. The summed E-state index contributed by atoms with van der Waals surface area (Å²) in [5.41, 5.74) is 1.60. The summed E-state index contributed by atoms with van der Waals surface area (Å²) in [4.78, 5) is 11.4. The van der Waals surface area contributed by atoms with Crippen molar-refractivity contribution in [3.63, 3.8) is 0 Å². The molecule has 0 bridgehead atoms. The summed E-state index contributed by atoms with van der Waals surface area (Å²) < 4.78 is 5.67. The number of carbonyl (C=O) groups excluding carboxylic acids is 1. The Morgan fingerprint density at radius 3 is 3.00 bits per heavy atom. The largest absolute Gasteiger partial charge is 0.488 e. The van der Waals surface area contributed by atoms with Gasteiger partial charge in [-0.3, -0.25) is 4.79 Å². The second-order valence-electron chi connectivity index (χ2n) is 3.78. The first kappa shape index (κ1) is 10.3. The predicted octanol–water partition coefficient (Wildman–Crippen LogP) is 2.76. The van der Waals surface area contributed by atoms with Crippen LogP contribution in [0, 0.1) is 6.92 Å². The minimum Gasteiger partial charge on any atom is -0.488 e. The van der Waals surface area contributed by atoms with Crippen LogP contribution in [0.25, 0.3) is 0 Å². The van der Waals surface area contributed by atoms with Crippen LogP contribution in [0.15, 0.2) is 12.1 Å². The van der Waals surface area contributed by atoms with Gasteiger partial charge in [-0.1, -0.05) is 11.6 Å². The lowest BCUT2D eigenvalue weighted by Crippen LogP contribution is -2.17. The highest BCUT2D eigenvalue weighted by Crippen LogP contribution is 2.35. The molecule has 1 atom stereocenters. The van der Waals surface area contributed by atoms with E-state index in [1.165, 1.54) is 0 Å². The summed E-state index contributed by atoms with van der Waals surface area (Å²) in [5.74, 6) is 0.681. The van der Waals surface area contributed by atoms with E-state index in [0.29, 0.717) is 17.1 Å². The van der Waals surface area contributed by atoms with Crippen molar-refractivity contribution in [2.45, 2.75) is 26.4 Å². The Hall–Kier alpha value is -1.22. The maximum Gasteiger partial charge on any atom is 0.228 e. The molecule has 1 aromatic carbocycles. The fraction of sp³-hybridized carbons (Fsp3) is 0.364. The molecular weight excluding hydrogens is 214 g/mol. The van der Waals surface area contributed by atoms with E-state index in [9.17, 15) is 4.79 Å². The van der Waals surface area contributed by atoms with Crippen LogP contribution in [0.2, 0.25) is 5.02 Å². The van der Waals surface area contributed by atoms with E-state index < -0.39 is 0 Å². The molecule has 0 fully saturated rings. The molecule has 0 radical (unpaired) electrons. The van der Waals surface area contributed by atoms with Crippen molar-refractivity contribution in [3.8, 4) is 5.75 Å². The van der Waals surface area contributed by atoms with E-state index in [-0.39, 0.29) is 12.0 Å². The molecule has 0 aromatic heterocycles. The second-order valence-corrected chi connectivity index (χ2v) is 4.22. The second kappa shape index (κ2) is 3.74. The van der Waals surface area contributed by atoms with E-state index in [1.54, 1.807) is 6.07 Å². The molecule has 1 heterocycles. The molecule has 1 amide bonds. The topological polar surface area (TPSA) is 38.3 Å². The van der Waals surface area contributed by atoms with Gasteiger partial charge in [0.05, 0.1) is 12.1 Å². The zero-order valence-electron chi connectivity index (χ0n) is 8.63. The number of anilines is 1. The molecule has 1 aliphatic heterocycles. The average Bonchev–Trinajstić information content (AvgIpc) is 2.22. The number of halogens is 1.